The zero-order chi connectivity index (χ0) is 12.1. The van der Waals surface area contributed by atoms with Crippen molar-refractivity contribution in [1.29, 1.82) is 0 Å². The van der Waals surface area contributed by atoms with E-state index in [4.69, 9.17) is 10.2 Å². The highest BCUT2D eigenvalue weighted by Crippen LogP contribution is 2.25. The highest BCUT2D eigenvalue weighted by atomic mass is 16.6. The van der Waals surface area contributed by atoms with Crippen LogP contribution in [0.1, 0.15) is 10.4 Å². The van der Waals surface area contributed by atoms with Gasteiger partial charge in [0.2, 0.25) is 0 Å². The topological polar surface area (TPSA) is 93.1 Å². The molecule has 0 saturated carbocycles. The highest BCUT2D eigenvalue weighted by Gasteiger charge is 2.12. The summed E-state index contributed by atoms with van der Waals surface area (Å²) in [7, 11) is 1.17. The Morgan fingerprint density at radius 1 is 1.25 bits per heavy atom. The summed E-state index contributed by atoms with van der Waals surface area (Å²) in [6, 6.07) is 3.44. The third kappa shape index (κ3) is 2.88. The molecule has 0 aliphatic heterocycles. The second-order valence-corrected chi connectivity index (χ2v) is 2.86. The predicted octanol–water partition coefficient (Wildman–Crippen LogP) is 0.428. The van der Waals surface area contributed by atoms with E-state index in [0.717, 1.165) is 12.1 Å². The summed E-state index contributed by atoms with van der Waals surface area (Å²) in [5.74, 6) is -2.26. The lowest BCUT2D eigenvalue weighted by atomic mass is 10.2. The zero-order valence-corrected chi connectivity index (χ0v) is 8.47. The van der Waals surface area contributed by atoms with Crippen molar-refractivity contribution in [2.45, 2.75) is 0 Å². The van der Waals surface area contributed by atoms with E-state index in [1.54, 1.807) is 0 Å². The van der Waals surface area contributed by atoms with Gasteiger partial charge in [-0.15, -0.1) is 0 Å². The third-order valence-corrected chi connectivity index (χ3v) is 1.76. The van der Waals surface area contributed by atoms with Crippen LogP contribution in [0.15, 0.2) is 18.2 Å². The molecule has 0 aliphatic rings. The van der Waals surface area contributed by atoms with Crippen molar-refractivity contribution in [1.82, 2.24) is 0 Å². The number of ether oxygens (including phenoxy) is 2. The van der Waals surface area contributed by atoms with Crippen LogP contribution in [0.2, 0.25) is 0 Å². The summed E-state index contributed by atoms with van der Waals surface area (Å²) in [5, 5.41) is 18.1. The van der Waals surface area contributed by atoms with Crippen molar-refractivity contribution in [2.24, 2.45) is 0 Å². The first-order valence-electron chi connectivity index (χ1n) is 4.30. The zero-order valence-electron chi connectivity index (χ0n) is 8.47. The van der Waals surface area contributed by atoms with E-state index in [2.05, 4.69) is 9.47 Å². The number of aromatic hydroxyl groups is 2. The molecule has 16 heavy (non-hydrogen) atoms. The maximum absolute atomic E-state index is 11.3. The van der Waals surface area contributed by atoms with Crippen molar-refractivity contribution in [2.75, 3.05) is 13.7 Å². The summed E-state index contributed by atoms with van der Waals surface area (Å²) in [4.78, 5) is 22.0. The third-order valence-electron chi connectivity index (χ3n) is 1.76. The number of carbonyl (C=O) groups excluding carboxylic acids is 2. The minimum absolute atomic E-state index is 0.0270. The molecule has 1 aromatic carbocycles. The number of hydrogen-bond acceptors (Lipinski definition) is 6. The number of esters is 2. The number of methoxy groups -OCH3 is 1. The molecule has 0 spiro atoms. The molecule has 0 atom stereocenters. The molecule has 1 rings (SSSR count). The Hall–Kier alpha value is -2.24. The summed E-state index contributed by atoms with van der Waals surface area (Å²) < 4.78 is 8.84. The normalized spacial score (nSPS) is 9.56. The monoisotopic (exact) mass is 226 g/mol. The molecular weight excluding hydrogens is 216 g/mol. The van der Waals surface area contributed by atoms with Gasteiger partial charge in [-0.1, -0.05) is 0 Å². The molecule has 2 N–H and O–H groups in total. The lowest BCUT2D eigenvalue weighted by Crippen LogP contribution is -2.14. The summed E-state index contributed by atoms with van der Waals surface area (Å²) in [6.07, 6.45) is 0. The standard InChI is InChI=1S/C10H10O6/c1-15-9(13)5-16-10(14)6-2-3-7(11)8(12)4-6/h2-4,11-12H,5H2,1H3. The van der Waals surface area contributed by atoms with Crippen molar-refractivity contribution in [3.05, 3.63) is 23.8 Å². The Bertz CT molecular complexity index is 412. The van der Waals surface area contributed by atoms with Crippen molar-refractivity contribution in [3.63, 3.8) is 0 Å². The van der Waals surface area contributed by atoms with Gasteiger partial charge in [-0.2, -0.15) is 0 Å². The molecule has 0 heterocycles. The van der Waals surface area contributed by atoms with Crippen molar-refractivity contribution >= 4 is 11.9 Å². The van der Waals surface area contributed by atoms with Crippen LogP contribution < -0.4 is 0 Å². The Labute approximate surface area is 91.0 Å². The van der Waals surface area contributed by atoms with Crippen LogP contribution in [0.3, 0.4) is 0 Å². The van der Waals surface area contributed by atoms with E-state index >= 15 is 0 Å². The van der Waals surface area contributed by atoms with Crippen LogP contribution in [-0.2, 0) is 14.3 Å². The van der Waals surface area contributed by atoms with Gasteiger partial charge >= 0.3 is 11.9 Å². The van der Waals surface area contributed by atoms with Gasteiger partial charge < -0.3 is 19.7 Å². The maximum Gasteiger partial charge on any atom is 0.344 e. The van der Waals surface area contributed by atoms with Crippen molar-refractivity contribution in [3.8, 4) is 11.5 Å². The lowest BCUT2D eigenvalue weighted by molar-refractivity contribution is -0.144. The van der Waals surface area contributed by atoms with Gasteiger partial charge in [-0.3, -0.25) is 0 Å². The Morgan fingerprint density at radius 2 is 1.94 bits per heavy atom. The number of hydrogen-bond donors (Lipinski definition) is 2. The second kappa shape index (κ2) is 5.01. The number of benzene rings is 1. The van der Waals surface area contributed by atoms with Crippen LogP contribution in [0, 0.1) is 0 Å². The first kappa shape index (κ1) is 11.8. The van der Waals surface area contributed by atoms with E-state index in [0.29, 0.717) is 0 Å². The molecule has 0 fully saturated rings. The quantitative estimate of drug-likeness (QED) is 0.573. The molecule has 0 radical (unpaired) electrons. The molecule has 86 valence electrons. The predicted molar refractivity (Wildman–Crippen MR) is 52.1 cm³/mol. The van der Waals surface area contributed by atoms with Crippen LogP contribution >= 0.6 is 0 Å². The SMILES string of the molecule is COC(=O)COC(=O)c1ccc(O)c(O)c1. The van der Waals surface area contributed by atoms with Crippen molar-refractivity contribution < 1.29 is 29.3 Å². The number of carbonyl (C=O) groups is 2. The Balaban J connectivity index is 2.66. The maximum atomic E-state index is 11.3. The van der Waals surface area contributed by atoms with E-state index in [1.165, 1.54) is 13.2 Å². The van der Waals surface area contributed by atoms with Gasteiger partial charge in [0.25, 0.3) is 0 Å². The van der Waals surface area contributed by atoms with Gasteiger partial charge in [-0.05, 0) is 18.2 Å². The fourth-order valence-electron chi connectivity index (χ4n) is 0.917. The molecule has 6 heteroatoms. The molecule has 6 nitrogen and oxygen atoms in total. The first-order chi connectivity index (χ1) is 7.54. The molecule has 0 aromatic heterocycles. The van der Waals surface area contributed by atoms with E-state index in [9.17, 15) is 9.59 Å². The number of phenols is 2. The van der Waals surface area contributed by atoms with Gasteiger partial charge in [0.1, 0.15) is 0 Å². The molecule has 0 bridgehead atoms. The highest BCUT2D eigenvalue weighted by molar-refractivity contribution is 5.91. The van der Waals surface area contributed by atoms with Gasteiger partial charge in [0, 0.05) is 0 Å². The minimum atomic E-state index is -0.791. The van der Waals surface area contributed by atoms with Crippen LogP contribution in [0.25, 0.3) is 0 Å². The minimum Gasteiger partial charge on any atom is -0.504 e. The van der Waals surface area contributed by atoms with E-state index in [-0.39, 0.29) is 11.3 Å². The van der Waals surface area contributed by atoms with Crippen LogP contribution in [-0.4, -0.2) is 35.9 Å². The fourth-order valence-corrected chi connectivity index (χ4v) is 0.917. The molecule has 0 saturated heterocycles. The van der Waals surface area contributed by atoms with Crippen LogP contribution in [0.5, 0.6) is 11.5 Å². The number of phenolic OH excluding ortho intramolecular Hbond substituents is 2. The molecule has 0 aliphatic carbocycles. The summed E-state index contributed by atoms with van der Waals surface area (Å²) in [6.45, 7) is -0.503. The molecular formula is C10H10O6. The Morgan fingerprint density at radius 3 is 2.50 bits per heavy atom. The lowest BCUT2D eigenvalue weighted by Gasteiger charge is -2.04. The largest absolute Gasteiger partial charge is 0.504 e. The van der Waals surface area contributed by atoms with Gasteiger partial charge in [-0.25, -0.2) is 9.59 Å². The second-order valence-electron chi connectivity index (χ2n) is 2.86. The summed E-state index contributed by atoms with van der Waals surface area (Å²) >= 11 is 0. The van der Waals surface area contributed by atoms with Crippen LogP contribution in [0.4, 0.5) is 0 Å². The number of rotatable bonds is 3. The average Bonchev–Trinajstić information content (AvgIpc) is 2.29. The molecule has 1 aromatic rings. The molecule has 0 unspecified atom stereocenters. The fraction of sp³-hybridized carbons (Fsp3) is 0.200. The van der Waals surface area contributed by atoms with Gasteiger partial charge in [0.05, 0.1) is 12.7 Å². The summed E-state index contributed by atoms with van der Waals surface area (Å²) in [5.41, 5.74) is 0.0270. The smallest absolute Gasteiger partial charge is 0.344 e. The van der Waals surface area contributed by atoms with E-state index in [1.807, 2.05) is 0 Å². The Kier molecular flexibility index (Phi) is 3.71. The van der Waals surface area contributed by atoms with E-state index < -0.39 is 24.3 Å². The first-order valence-corrected chi connectivity index (χ1v) is 4.30. The van der Waals surface area contributed by atoms with Gasteiger partial charge in [0.15, 0.2) is 18.1 Å². The molecule has 0 amide bonds. The average molecular weight is 226 g/mol.